The van der Waals surface area contributed by atoms with Gasteiger partial charge in [0.2, 0.25) is 0 Å². The first kappa shape index (κ1) is 12.9. The van der Waals surface area contributed by atoms with Crippen molar-refractivity contribution < 1.29 is 0 Å². The average Bonchev–Trinajstić information content (AvgIpc) is 3.12. The Morgan fingerprint density at radius 3 is 2.61 bits per heavy atom. The Bertz CT molecular complexity index is 381. The average molecular weight is 285 g/mol. The standard InChI is InChI=1S/C14H21ClN2S/c15-14-4-3-13(18-14)10-17-7-5-12(6-8-17)16-9-11-1-2-11/h3-4,11-12,16H,1-2,5-10H2. The molecule has 2 aliphatic rings. The number of hydrogen-bond acceptors (Lipinski definition) is 3. The lowest BCUT2D eigenvalue weighted by molar-refractivity contribution is 0.191. The fraction of sp³-hybridized carbons (Fsp3) is 0.714. The topological polar surface area (TPSA) is 15.3 Å². The van der Waals surface area contributed by atoms with Crippen LogP contribution in [0.15, 0.2) is 12.1 Å². The molecule has 1 saturated heterocycles. The van der Waals surface area contributed by atoms with Gasteiger partial charge in [0.05, 0.1) is 4.34 Å². The molecule has 2 nitrogen and oxygen atoms in total. The molecule has 0 spiro atoms. The summed E-state index contributed by atoms with van der Waals surface area (Å²) in [7, 11) is 0. The van der Waals surface area contributed by atoms with Gasteiger partial charge in [-0.15, -0.1) is 11.3 Å². The van der Waals surface area contributed by atoms with Gasteiger partial charge in [0.25, 0.3) is 0 Å². The quantitative estimate of drug-likeness (QED) is 0.892. The number of nitrogens with one attached hydrogen (secondary N) is 1. The van der Waals surface area contributed by atoms with Gasteiger partial charge in [-0.2, -0.15) is 0 Å². The molecule has 0 bridgehead atoms. The zero-order valence-electron chi connectivity index (χ0n) is 10.7. The number of likely N-dealkylation sites (tertiary alicyclic amines) is 1. The molecule has 0 radical (unpaired) electrons. The van der Waals surface area contributed by atoms with Gasteiger partial charge >= 0.3 is 0 Å². The van der Waals surface area contributed by atoms with E-state index in [1.165, 1.54) is 50.2 Å². The molecule has 0 aromatic carbocycles. The maximum absolute atomic E-state index is 5.97. The van der Waals surface area contributed by atoms with Crippen LogP contribution in [-0.2, 0) is 6.54 Å². The van der Waals surface area contributed by atoms with Crippen molar-refractivity contribution in [1.29, 1.82) is 0 Å². The summed E-state index contributed by atoms with van der Waals surface area (Å²) in [5.74, 6) is 0.997. The minimum atomic E-state index is 0.758. The van der Waals surface area contributed by atoms with Crippen LogP contribution in [0.5, 0.6) is 0 Å². The Morgan fingerprint density at radius 1 is 1.22 bits per heavy atom. The number of piperidine rings is 1. The predicted octanol–water partition coefficient (Wildman–Crippen LogP) is 3.37. The van der Waals surface area contributed by atoms with E-state index in [1.54, 1.807) is 11.3 Å². The van der Waals surface area contributed by atoms with Crippen LogP contribution in [0.2, 0.25) is 4.34 Å². The van der Waals surface area contributed by atoms with E-state index in [-0.39, 0.29) is 0 Å². The molecule has 1 aliphatic heterocycles. The first-order valence-electron chi connectivity index (χ1n) is 6.99. The number of thiophene rings is 1. The van der Waals surface area contributed by atoms with E-state index < -0.39 is 0 Å². The number of rotatable bonds is 5. The molecule has 2 fully saturated rings. The Hall–Kier alpha value is -0.0900. The summed E-state index contributed by atoms with van der Waals surface area (Å²) in [5.41, 5.74) is 0. The molecule has 100 valence electrons. The van der Waals surface area contributed by atoms with Gasteiger partial charge in [0, 0.05) is 17.5 Å². The van der Waals surface area contributed by atoms with Crippen LogP contribution in [0, 0.1) is 5.92 Å². The van der Waals surface area contributed by atoms with E-state index in [4.69, 9.17) is 11.6 Å². The monoisotopic (exact) mass is 284 g/mol. The Morgan fingerprint density at radius 2 is 2.00 bits per heavy atom. The highest BCUT2D eigenvalue weighted by molar-refractivity contribution is 7.16. The Kier molecular flexibility index (Phi) is 4.24. The SMILES string of the molecule is Clc1ccc(CN2CCC(NCC3CC3)CC2)s1. The van der Waals surface area contributed by atoms with Gasteiger partial charge in [-0.05, 0) is 63.4 Å². The van der Waals surface area contributed by atoms with E-state index in [0.717, 1.165) is 22.8 Å². The molecule has 3 rings (SSSR count). The van der Waals surface area contributed by atoms with Crippen LogP contribution in [0.4, 0.5) is 0 Å². The third kappa shape index (κ3) is 3.70. The van der Waals surface area contributed by atoms with Gasteiger partial charge in [-0.1, -0.05) is 11.6 Å². The molecular weight excluding hydrogens is 264 g/mol. The second-order valence-electron chi connectivity index (χ2n) is 5.61. The lowest BCUT2D eigenvalue weighted by atomic mass is 10.0. The van der Waals surface area contributed by atoms with E-state index in [1.807, 2.05) is 6.07 Å². The zero-order chi connectivity index (χ0) is 12.4. The van der Waals surface area contributed by atoms with E-state index in [9.17, 15) is 0 Å². The summed E-state index contributed by atoms with van der Waals surface area (Å²) in [5, 5.41) is 3.73. The molecule has 4 heteroatoms. The van der Waals surface area contributed by atoms with Crippen molar-refractivity contribution in [3.63, 3.8) is 0 Å². The maximum atomic E-state index is 5.97. The summed E-state index contributed by atoms with van der Waals surface area (Å²) in [6, 6.07) is 4.92. The van der Waals surface area contributed by atoms with E-state index >= 15 is 0 Å². The first-order chi connectivity index (χ1) is 8.79. The van der Waals surface area contributed by atoms with Crippen LogP contribution in [0.1, 0.15) is 30.6 Å². The van der Waals surface area contributed by atoms with E-state index in [2.05, 4.69) is 16.3 Å². The molecule has 0 atom stereocenters. The van der Waals surface area contributed by atoms with Gasteiger partial charge in [-0.25, -0.2) is 0 Å². The maximum Gasteiger partial charge on any atom is 0.0931 e. The van der Waals surface area contributed by atoms with Gasteiger partial charge in [0.15, 0.2) is 0 Å². The molecule has 2 heterocycles. The van der Waals surface area contributed by atoms with Crippen molar-refractivity contribution in [3.05, 3.63) is 21.3 Å². The fourth-order valence-corrected chi connectivity index (χ4v) is 3.74. The molecule has 1 aromatic heterocycles. The normalized spacial score (nSPS) is 22.5. The summed E-state index contributed by atoms with van der Waals surface area (Å²) in [4.78, 5) is 3.95. The zero-order valence-corrected chi connectivity index (χ0v) is 12.3. The largest absolute Gasteiger partial charge is 0.314 e. The lowest BCUT2D eigenvalue weighted by Crippen LogP contribution is -2.42. The van der Waals surface area contributed by atoms with Crippen molar-refractivity contribution in [3.8, 4) is 0 Å². The van der Waals surface area contributed by atoms with Crippen molar-refractivity contribution in [1.82, 2.24) is 10.2 Å². The minimum absolute atomic E-state index is 0.758. The summed E-state index contributed by atoms with van der Waals surface area (Å²) in [6.45, 7) is 4.77. The van der Waals surface area contributed by atoms with Crippen molar-refractivity contribution in [2.24, 2.45) is 5.92 Å². The molecule has 0 unspecified atom stereocenters. The molecule has 1 aliphatic carbocycles. The minimum Gasteiger partial charge on any atom is -0.314 e. The van der Waals surface area contributed by atoms with Crippen molar-refractivity contribution in [2.75, 3.05) is 19.6 Å². The Labute approximate surface area is 118 Å². The summed E-state index contributed by atoms with van der Waals surface area (Å²) >= 11 is 7.68. The predicted molar refractivity (Wildman–Crippen MR) is 78.4 cm³/mol. The van der Waals surface area contributed by atoms with Gasteiger partial charge in [-0.3, -0.25) is 4.90 Å². The van der Waals surface area contributed by atoms with E-state index in [0.29, 0.717) is 0 Å². The third-order valence-corrected chi connectivity index (χ3v) is 5.20. The highest BCUT2D eigenvalue weighted by Crippen LogP contribution is 2.28. The lowest BCUT2D eigenvalue weighted by Gasteiger charge is -2.32. The third-order valence-electron chi connectivity index (χ3n) is 3.99. The van der Waals surface area contributed by atoms with Crippen molar-refractivity contribution >= 4 is 22.9 Å². The fourth-order valence-electron chi connectivity index (χ4n) is 2.61. The molecule has 0 amide bonds. The number of hydrogen-bond donors (Lipinski definition) is 1. The molecule has 1 N–H and O–H groups in total. The highest BCUT2D eigenvalue weighted by atomic mass is 35.5. The molecule has 18 heavy (non-hydrogen) atoms. The molecular formula is C14H21ClN2S. The number of nitrogens with zero attached hydrogens (tertiary/aromatic N) is 1. The molecule has 1 aromatic rings. The first-order valence-corrected chi connectivity index (χ1v) is 8.19. The van der Waals surface area contributed by atoms with Crippen LogP contribution in [0.25, 0.3) is 0 Å². The second-order valence-corrected chi connectivity index (χ2v) is 7.41. The van der Waals surface area contributed by atoms with Gasteiger partial charge < -0.3 is 5.32 Å². The summed E-state index contributed by atoms with van der Waals surface area (Å²) in [6.07, 6.45) is 5.49. The van der Waals surface area contributed by atoms with Gasteiger partial charge in [0.1, 0.15) is 0 Å². The van der Waals surface area contributed by atoms with Crippen LogP contribution in [0.3, 0.4) is 0 Å². The Balaban J connectivity index is 1.39. The van der Waals surface area contributed by atoms with Crippen LogP contribution < -0.4 is 5.32 Å². The smallest absolute Gasteiger partial charge is 0.0931 e. The molecule has 1 saturated carbocycles. The summed E-state index contributed by atoms with van der Waals surface area (Å²) < 4.78 is 0.908. The highest BCUT2D eigenvalue weighted by Gasteiger charge is 2.24. The van der Waals surface area contributed by atoms with Crippen LogP contribution in [-0.4, -0.2) is 30.6 Å². The second kappa shape index (κ2) is 5.91. The number of halogens is 1. The van der Waals surface area contributed by atoms with Crippen molar-refractivity contribution in [2.45, 2.75) is 38.3 Å². The van der Waals surface area contributed by atoms with Crippen LogP contribution >= 0.6 is 22.9 Å².